The molecule has 0 unspecified atom stereocenters. The van der Waals surface area contributed by atoms with Gasteiger partial charge in [-0.15, -0.1) is 0 Å². The third kappa shape index (κ3) is 4.99. The molecule has 0 heterocycles. The van der Waals surface area contributed by atoms with E-state index >= 15 is 0 Å². The van der Waals surface area contributed by atoms with Crippen molar-refractivity contribution in [1.82, 2.24) is 5.32 Å². The lowest BCUT2D eigenvalue weighted by Gasteiger charge is -2.36. The predicted octanol–water partition coefficient (Wildman–Crippen LogP) is 4.57. The first kappa shape index (κ1) is 18.0. The van der Waals surface area contributed by atoms with Crippen LogP contribution in [0.15, 0.2) is 18.2 Å². The van der Waals surface area contributed by atoms with E-state index in [1.807, 2.05) is 12.1 Å². The van der Waals surface area contributed by atoms with Gasteiger partial charge in [0.15, 0.2) is 11.6 Å². The highest BCUT2D eigenvalue weighted by atomic mass is 19.1. The second kappa shape index (κ2) is 7.26. The summed E-state index contributed by atoms with van der Waals surface area (Å²) >= 11 is 0. The molecule has 21 heavy (non-hydrogen) atoms. The SMILES string of the molecule is CCC(CC)(CNC(C)(C)C)Cc1cccc(OC)c1F. The molecule has 0 aliphatic rings. The van der Waals surface area contributed by atoms with Gasteiger partial charge < -0.3 is 10.1 Å². The molecule has 1 rings (SSSR count). The van der Waals surface area contributed by atoms with Crippen LogP contribution < -0.4 is 10.1 Å². The molecule has 1 N–H and O–H groups in total. The molecule has 0 saturated heterocycles. The molecular formula is C18H30FNO. The van der Waals surface area contributed by atoms with E-state index in [1.165, 1.54) is 7.11 Å². The molecule has 1 aromatic rings. The second-order valence-electron chi connectivity index (χ2n) is 6.92. The Kier molecular flexibility index (Phi) is 6.21. The highest BCUT2D eigenvalue weighted by molar-refractivity contribution is 5.31. The maximum atomic E-state index is 14.4. The number of hydrogen-bond donors (Lipinski definition) is 1. The summed E-state index contributed by atoms with van der Waals surface area (Å²) in [7, 11) is 1.51. The lowest BCUT2D eigenvalue weighted by molar-refractivity contribution is 0.217. The first-order valence-corrected chi connectivity index (χ1v) is 7.83. The van der Waals surface area contributed by atoms with Gasteiger partial charge in [-0.1, -0.05) is 26.0 Å². The third-order valence-electron chi connectivity index (χ3n) is 4.32. The zero-order chi connectivity index (χ0) is 16.1. The van der Waals surface area contributed by atoms with E-state index in [4.69, 9.17) is 4.74 Å². The van der Waals surface area contributed by atoms with E-state index in [1.54, 1.807) is 6.07 Å². The molecule has 0 radical (unpaired) electrons. The Morgan fingerprint density at radius 2 is 1.76 bits per heavy atom. The van der Waals surface area contributed by atoms with Crippen LogP contribution in [0, 0.1) is 11.2 Å². The van der Waals surface area contributed by atoms with E-state index in [0.717, 1.165) is 31.4 Å². The van der Waals surface area contributed by atoms with Crippen LogP contribution >= 0.6 is 0 Å². The Bertz CT molecular complexity index is 447. The van der Waals surface area contributed by atoms with Gasteiger partial charge in [-0.2, -0.15) is 0 Å². The number of ether oxygens (including phenoxy) is 1. The Morgan fingerprint density at radius 1 is 1.14 bits per heavy atom. The van der Waals surface area contributed by atoms with E-state index < -0.39 is 0 Å². The second-order valence-corrected chi connectivity index (χ2v) is 6.92. The van der Waals surface area contributed by atoms with Crippen LogP contribution in [0.2, 0.25) is 0 Å². The molecule has 2 nitrogen and oxygen atoms in total. The predicted molar refractivity (Wildman–Crippen MR) is 87.4 cm³/mol. The van der Waals surface area contributed by atoms with E-state index in [9.17, 15) is 4.39 Å². The summed E-state index contributed by atoms with van der Waals surface area (Å²) in [5.74, 6) is 0.111. The van der Waals surface area contributed by atoms with Crippen molar-refractivity contribution in [3.05, 3.63) is 29.6 Å². The van der Waals surface area contributed by atoms with Crippen molar-refractivity contribution in [2.24, 2.45) is 5.41 Å². The van der Waals surface area contributed by atoms with Crippen molar-refractivity contribution < 1.29 is 9.13 Å². The maximum absolute atomic E-state index is 14.4. The number of rotatable bonds is 7. The summed E-state index contributed by atoms with van der Waals surface area (Å²) < 4.78 is 19.5. The summed E-state index contributed by atoms with van der Waals surface area (Å²) in [5.41, 5.74) is 0.886. The Labute approximate surface area is 129 Å². The lowest BCUT2D eigenvalue weighted by Crippen LogP contribution is -2.44. The highest BCUT2D eigenvalue weighted by Gasteiger charge is 2.29. The molecule has 0 bridgehead atoms. The zero-order valence-corrected chi connectivity index (χ0v) is 14.3. The minimum absolute atomic E-state index is 0.0699. The van der Waals surface area contributed by atoms with Crippen LogP contribution in [0.5, 0.6) is 5.75 Å². The average Bonchev–Trinajstić information content (AvgIpc) is 2.44. The standard InChI is InChI=1S/C18H30FNO/c1-7-18(8-2,13-20-17(3,4)5)12-14-10-9-11-15(21-6)16(14)19/h9-11,20H,7-8,12-13H2,1-6H3. The fourth-order valence-electron chi connectivity index (χ4n) is 2.52. The molecule has 0 aromatic heterocycles. The minimum atomic E-state index is -0.220. The van der Waals surface area contributed by atoms with Gasteiger partial charge in [-0.3, -0.25) is 0 Å². The molecular weight excluding hydrogens is 265 g/mol. The number of halogens is 1. The molecule has 0 amide bonds. The van der Waals surface area contributed by atoms with E-state index in [2.05, 4.69) is 39.9 Å². The molecule has 0 spiro atoms. The lowest BCUT2D eigenvalue weighted by atomic mass is 9.76. The Hall–Kier alpha value is -1.09. The van der Waals surface area contributed by atoms with Crippen LogP contribution in [0.4, 0.5) is 4.39 Å². The summed E-state index contributed by atoms with van der Waals surface area (Å²) in [6.45, 7) is 11.7. The van der Waals surface area contributed by atoms with Gasteiger partial charge >= 0.3 is 0 Å². The van der Waals surface area contributed by atoms with E-state index in [-0.39, 0.29) is 16.8 Å². The fourth-order valence-corrected chi connectivity index (χ4v) is 2.52. The van der Waals surface area contributed by atoms with Gasteiger partial charge in [0.25, 0.3) is 0 Å². The minimum Gasteiger partial charge on any atom is -0.494 e. The number of benzene rings is 1. The molecule has 0 saturated carbocycles. The van der Waals surface area contributed by atoms with Crippen molar-refractivity contribution in [2.75, 3.05) is 13.7 Å². The first-order chi connectivity index (χ1) is 9.77. The van der Waals surface area contributed by atoms with Gasteiger partial charge in [0.1, 0.15) is 0 Å². The number of nitrogens with one attached hydrogen (secondary N) is 1. The normalized spacial score (nSPS) is 12.5. The van der Waals surface area contributed by atoms with Crippen molar-refractivity contribution in [3.63, 3.8) is 0 Å². The topological polar surface area (TPSA) is 21.3 Å². The smallest absolute Gasteiger partial charge is 0.168 e. The maximum Gasteiger partial charge on any atom is 0.168 e. The number of hydrogen-bond acceptors (Lipinski definition) is 2. The van der Waals surface area contributed by atoms with Crippen LogP contribution in [0.3, 0.4) is 0 Å². The zero-order valence-electron chi connectivity index (χ0n) is 14.3. The first-order valence-electron chi connectivity index (χ1n) is 7.83. The molecule has 120 valence electrons. The van der Waals surface area contributed by atoms with Gasteiger partial charge in [0.2, 0.25) is 0 Å². The van der Waals surface area contributed by atoms with Crippen LogP contribution in [0.25, 0.3) is 0 Å². The van der Waals surface area contributed by atoms with Crippen molar-refractivity contribution in [1.29, 1.82) is 0 Å². The van der Waals surface area contributed by atoms with Crippen LogP contribution in [0.1, 0.15) is 53.0 Å². The molecule has 3 heteroatoms. The monoisotopic (exact) mass is 295 g/mol. The molecule has 0 atom stereocenters. The number of methoxy groups -OCH3 is 1. The molecule has 1 aromatic carbocycles. The van der Waals surface area contributed by atoms with Crippen molar-refractivity contribution in [3.8, 4) is 5.75 Å². The Balaban J connectivity index is 2.97. The van der Waals surface area contributed by atoms with Crippen LogP contribution in [-0.2, 0) is 6.42 Å². The summed E-state index contributed by atoms with van der Waals surface area (Å²) in [6.07, 6.45) is 2.76. The van der Waals surface area contributed by atoms with Gasteiger partial charge in [-0.25, -0.2) is 4.39 Å². The molecule has 0 aliphatic heterocycles. The quantitative estimate of drug-likeness (QED) is 0.795. The van der Waals surface area contributed by atoms with Crippen molar-refractivity contribution in [2.45, 2.75) is 59.4 Å². The van der Waals surface area contributed by atoms with Gasteiger partial charge in [0, 0.05) is 12.1 Å². The van der Waals surface area contributed by atoms with E-state index in [0.29, 0.717) is 5.75 Å². The summed E-state index contributed by atoms with van der Waals surface area (Å²) in [4.78, 5) is 0. The average molecular weight is 295 g/mol. The molecule has 0 fully saturated rings. The summed E-state index contributed by atoms with van der Waals surface area (Å²) in [5, 5.41) is 3.58. The highest BCUT2D eigenvalue weighted by Crippen LogP contribution is 2.33. The largest absolute Gasteiger partial charge is 0.494 e. The fraction of sp³-hybridized carbons (Fsp3) is 0.667. The van der Waals surface area contributed by atoms with Gasteiger partial charge in [0.05, 0.1) is 7.11 Å². The van der Waals surface area contributed by atoms with Crippen molar-refractivity contribution >= 4 is 0 Å². The summed E-state index contributed by atoms with van der Waals surface area (Å²) in [6, 6.07) is 5.41. The molecule has 0 aliphatic carbocycles. The van der Waals surface area contributed by atoms with Crippen LogP contribution in [-0.4, -0.2) is 19.2 Å². The Morgan fingerprint density at radius 3 is 2.24 bits per heavy atom. The third-order valence-corrected chi connectivity index (χ3v) is 4.32. The van der Waals surface area contributed by atoms with Gasteiger partial charge in [-0.05, 0) is 57.1 Å².